The molecular weight excluding hydrogens is 272 g/mol. The zero-order valence-electron chi connectivity index (χ0n) is 11.6. The van der Waals surface area contributed by atoms with Crippen LogP contribution in [0.5, 0.6) is 0 Å². The molecule has 2 rings (SSSR count). The summed E-state index contributed by atoms with van der Waals surface area (Å²) in [5.74, 6) is -0.297. The Morgan fingerprint density at radius 1 is 1.24 bits per heavy atom. The zero-order valence-corrected chi connectivity index (χ0v) is 11.6. The first kappa shape index (κ1) is 14.6. The van der Waals surface area contributed by atoms with Crippen molar-refractivity contribution in [1.82, 2.24) is 4.90 Å². The van der Waals surface area contributed by atoms with Crippen LogP contribution >= 0.6 is 0 Å². The molecule has 21 heavy (non-hydrogen) atoms. The Hall–Kier alpha value is -2.76. The fourth-order valence-corrected chi connectivity index (χ4v) is 1.82. The normalized spacial score (nSPS) is 10.1. The first-order chi connectivity index (χ1) is 10.1. The van der Waals surface area contributed by atoms with Gasteiger partial charge in [0.25, 0.3) is 0 Å². The Morgan fingerprint density at radius 3 is 2.48 bits per heavy atom. The number of benzene rings is 1. The molecule has 110 valence electrons. The van der Waals surface area contributed by atoms with E-state index in [1.54, 1.807) is 35.4 Å². The van der Waals surface area contributed by atoms with Gasteiger partial charge < -0.3 is 19.7 Å². The van der Waals surface area contributed by atoms with E-state index in [0.29, 0.717) is 24.5 Å². The van der Waals surface area contributed by atoms with E-state index in [-0.39, 0.29) is 11.6 Å². The van der Waals surface area contributed by atoms with Gasteiger partial charge >= 0.3 is 12.0 Å². The predicted molar refractivity (Wildman–Crippen MR) is 77.2 cm³/mol. The number of nitrogens with zero attached hydrogens (tertiary/aromatic N) is 1. The molecule has 0 bridgehead atoms. The van der Waals surface area contributed by atoms with Crippen LogP contribution in [0.3, 0.4) is 0 Å². The van der Waals surface area contributed by atoms with Crippen molar-refractivity contribution in [2.75, 3.05) is 11.9 Å². The molecule has 6 heteroatoms. The Labute approximate surface area is 122 Å². The summed E-state index contributed by atoms with van der Waals surface area (Å²) in [7, 11) is 0. The van der Waals surface area contributed by atoms with Crippen molar-refractivity contribution < 1.29 is 19.1 Å². The lowest BCUT2D eigenvalue weighted by Crippen LogP contribution is -2.34. The average Bonchev–Trinajstić information content (AvgIpc) is 2.98. The van der Waals surface area contributed by atoms with Crippen molar-refractivity contribution in [3.63, 3.8) is 0 Å². The number of carbonyl (C=O) groups is 2. The molecule has 0 aliphatic heterocycles. The standard InChI is InChI=1S/C15H16N2O4/c1-2-17(10-13-4-3-9-21-13)15(20)16-12-7-5-11(6-8-12)14(18)19/h3-9H,2,10H2,1H3,(H,16,20)(H,18,19). The quantitative estimate of drug-likeness (QED) is 0.885. The molecule has 0 aliphatic carbocycles. The molecule has 0 unspecified atom stereocenters. The molecule has 1 aromatic carbocycles. The maximum absolute atomic E-state index is 12.1. The number of carboxylic acid groups (broad SMARTS) is 1. The van der Waals surface area contributed by atoms with E-state index in [2.05, 4.69) is 5.32 Å². The highest BCUT2D eigenvalue weighted by molar-refractivity contribution is 5.91. The van der Waals surface area contributed by atoms with E-state index in [1.165, 1.54) is 12.1 Å². The highest BCUT2D eigenvalue weighted by Gasteiger charge is 2.13. The van der Waals surface area contributed by atoms with Crippen molar-refractivity contribution >= 4 is 17.7 Å². The van der Waals surface area contributed by atoms with Crippen molar-refractivity contribution in [1.29, 1.82) is 0 Å². The second-order valence-corrected chi connectivity index (χ2v) is 4.41. The maximum atomic E-state index is 12.1. The largest absolute Gasteiger partial charge is 0.478 e. The minimum atomic E-state index is -0.999. The van der Waals surface area contributed by atoms with Crippen LogP contribution in [-0.4, -0.2) is 28.6 Å². The van der Waals surface area contributed by atoms with Crippen LogP contribution in [0.2, 0.25) is 0 Å². The molecule has 2 N–H and O–H groups in total. The van der Waals surface area contributed by atoms with Gasteiger partial charge in [-0.25, -0.2) is 9.59 Å². The van der Waals surface area contributed by atoms with Crippen LogP contribution < -0.4 is 5.32 Å². The summed E-state index contributed by atoms with van der Waals surface area (Å²) >= 11 is 0. The molecule has 2 aromatic rings. The number of amides is 2. The van der Waals surface area contributed by atoms with Gasteiger partial charge in [-0.1, -0.05) is 0 Å². The van der Waals surface area contributed by atoms with Crippen LogP contribution in [0, 0.1) is 0 Å². The van der Waals surface area contributed by atoms with Gasteiger partial charge in [0.15, 0.2) is 0 Å². The van der Waals surface area contributed by atoms with Gasteiger partial charge in [0.2, 0.25) is 0 Å². The minimum Gasteiger partial charge on any atom is -0.478 e. The number of carboxylic acids is 1. The fourth-order valence-electron chi connectivity index (χ4n) is 1.82. The molecule has 1 aromatic heterocycles. The van der Waals surface area contributed by atoms with Crippen LogP contribution in [0.25, 0.3) is 0 Å². The molecule has 0 radical (unpaired) electrons. The van der Waals surface area contributed by atoms with Crippen LogP contribution in [0.1, 0.15) is 23.0 Å². The average molecular weight is 288 g/mol. The Kier molecular flexibility index (Phi) is 4.61. The lowest BCUT2D eigenvalue weighted by molar-refractivity contribution is 0.0697. The maximum Gasteiger partial charge on any atom is 0.335 e. The molecule has 0 atom stereocenters. The number of aromatic carboxylic acids is 1. The number of furan rings is 1. The smallest absolute Gasteiger partial charge is 0.335 e. The van der Waals surface area contributed by atoms with E-state index < -0.39 is 5.97 Å². The number of anilines is 1. The number of rotatable bonds is 5. The van der Waals surface area contributed by atoms with E-state index in [0.717, 1.165) is 0 Å². The predicted octanol–water partition coefficient (Wildman–Crippen LogP) is 3.03. The molecule has 0 saturated heterocycles. The molecule has 1 heterocycles. The molecule has 0 saturated carbocycles. The first-order valence-electron chi connectivity index (χ1n) is 6.52. The van der Waals surface area contributed by atoms with Crippen molar-refractivity contribution in [2.45, 2.75) is 13.5 Å². The summed E-state index contributed by atoms with van der Waals surface area (Å²) in [5, 5.41) is 11.5. The summed E-state index contributed by atoms with van der Waals surface area (Å²) in [5.41, 5.74) is 0.721. The molecular formula is C15H16N2O4. The molecule has 0 spiro atoms. The van der Waals surface area contributed by atoms with E-state index in [9.17, 15) is 9.59 Å². The summed E-state index contributed by atoms with van der Waals surface area (Å²) in [6, 6.07) is 9.31. The summed E-state index contributed by atoms with van der Waals surface area (Å²) in [4.78, 5) is 24.5. The zero-order chi connectivity index (χ0) is 15.2. The third-order valence-corrected chi connectivity index (χ3v) is 2.98. The lowest BCUT2D eigenvalue weighted by Gasteiger charge is -2.20. The van der Waals surface area contributed by atoms with Gasteiger partial charge in [0.1, 0.15) is 5.76 Å². The van der Waals surface area contributed by atoms with Crippen LogP contribution in [0.4, 0.5) is 10.5 Å². The number of hydrogen-bond donors (Lipinski definition) is 2. The van der Waals surface area contributed by atoms with Gasteiger partial charge in [-0.15, -0.1) is 0 Å². The van der Waals surface area contributed by atoms with Gasteiger partial charge in [-0.05, 0) is 43.3 Å². The number of urea groups is 1. The molecule has 0 aliphatic rings. The van der Waals surface area contributed by atoms with Crippen molar-refractivity contribution in [3.8, 4) is 0 Å². The fraction of sp³-hybridized carbons (Fsp3) is 0.200. The van der Waals surface area contributed by atoms with E-state index >= 15 is 0 Å². The number of carbonyl (C=O) groups excluding carboxylic acids is 1. The SMILES string of the molecule is CCN(Cc1ccco1)C(=O)Nc1ccc(C(=O)O)cc1. The second kappa shape index (κ2) is 6.60. The van der Waals surface area contributed by atoms with Crippen LogP contribution in [-0.2, 0) is 6.54 Å². The summed E-state index contributed by atoms with van der Waals surface area (Å²) < 4.78 is 5.22. The Morgan fingerprint density at radius 2 is 1.95 bits per heavy atom. The van der Waals surface area contributed by atoms with Crippen molar-refractivity contribution in [2.24, 2.45) is 0 Å². The minimum absolute atomic E-state index is 0.177. The second-order valence-electron chi connectivity index (χ2n) is 4.41. The summed E-state index contributed by atoms with van der Waals surface area (Å²) in [6.45, 7) is 2.78. The number of hydrogen-bond acceptors (Lipinski definition) is 3. The monoisotopic (exact) mass is 288 g/mol. The molecule has 2 amide bonds. The third kappa shape index (κ3) is 3.85. The lowest BCUT2D eigenvalue weighted by atomic mass is 10.2. The third-order valence-electron chi connectivity index (χ3n) is 2.98. The highest BCUT2D eigenvalue weighted by atomic mass is 16.4. The van der Waals surface area contributed by atoms with E-state index in [1.807, 2.05) is 6.92 Å². The van der Waals surface area contributed by atoms with Gasteiger partial charge in [-0.2, -0.15) is 0 Å². The van der Waals surface area contributed by atoms with Gasteiger partial charge in [0.05, 0.1) is 18.4 Å². The topological polar surface area (TPSA) is 82.8 Å². The molecule has 0 fully saturated rings. The van der Waals surface area contributed by atoms with Crippen LogP contribution in [0.15, 0.2) is 47.1 Å². The van der Waals surface area contributed by atoms with Gasteiger partial charge in [0, 0.05) is 12.2 Å². The van der Waals surface area contributed by atoms with E-state index in [4.69, 9.17) is 9.52 Å². The number of nitrogens with one attached hydrogen (secondary N) is 1. The Balaban J connectivity index is 2.00. The summed E-state index contributed by atoms with van der Waals surface area (Å²) in [6.07, 6.45) is 1.56. The van der Waals surface area contributed by atoms with Gasteiger partial charge in [-0.3, -0.25) is 0 Å². The molecule has 6 nitrogen and oxygen atoms in total. The first-order valence-corrected chi connectivity index (χ1v) is 6.52. The highest BCUT2D eigenvalue weighted by Crippen LogP contribution is 2.12. The van der Waals surface area contributed by atoms with Crippen molar-refractivity contribution in [3.05, 3.63) is 54.0 Å². The Bertz CT molecular complexity index is 605.